The summed E-state index contributed by atoms with van der Waals surface area (Å²) in [6.07, 6.45) is 3.61. The molecule has 2 unspecified atom stereocenters. The zero-order valence-electron chi connectivity index (χ0n) is 15.3. The van der Waals surface area contributed by atoms with Crippen molar-refractivity contribution in [1.29, 1.82) is 0 Å². The lowest BCUT2D eigenvalue weighted by atomic mass is 10.0. The summed E-state index contributed by atoms with van der Waals surface area (Å²) < 4.78 is 24.6. The van der Waals surface area contributed by atoms with Crippen LogP contribution in [0.1, 0.15) is 38.1 Å². The average Bonchev–Trinajstić information content (AvgIpc) is 3.13. The van der Waals surface area contributed by atoms with Crippen LogP contribution in [-0.4, -0.2) is 71.6 Å². The van der Waals surface area contributed by atoms with E-state index in [1.807, 2.05) is 0 Å². The Morgan fingerprint density at radius 1 is 1.20 bits per heavy atom. The molecule has 1 saturated carbocycles. The molecule has 2 atom stereocenters. The Balaban J connectivity index is 1.45. The van der Waals surface area contributed by atoms with E-state index < -0.39 is 9.84 Å². The summed E-state index contributed by atoms with van der Waals surface area (Å²) in [5.74, 6) is 2.04. The minimum Gasteiger partial charge on any atom is -0.296 e. The second-order valence-electron chi connectivity index (χ2n) is 8.60. The van der Waals surface area contributed by atoms with Gasteiger partial charge in [0.2, 0.25) is 0 Å². The predicted octanol–water partition coefficient (Wildman–Crippen LogP) is 1.30. The van der Waals surface area contributed by atoms with Crippen molar-refractivity contribution >= 4 is 9.84 Å². The number of H-pyrrole nitrogens is 1. The Morgan fingerprint density at radius 3 is 2.56 bits per heavy atom. The maximum atomic E-state index is 12.3. The topological polar surface area (TPSA) is 69.3 Å². The van der Waals surface area contributed by atoms with Crippen LogP contribution in [-0.2, 0) is 22.8 Å². The number of hydrogen-bond donors (Lipinski definition) is 1. The van der Waals surface area contributed by atoms with Gasteiger partial charge in [-0.3, -0.25) is 14.9 Å². The van der Waals surface area contributed by atoms with E-state index in [0.717, 1.165) is 49.9 Å². The minimum atomic E-state index is -2.92. The average molecular weight is 367 g/mol. The van der Waals surface area contributed by atoms with Crippen molar-refractivity contribution in [1.82, 2.24) is 20.0 Å². The Labute approximate surface area is 150 Å². The van der Waals surface area contributed by atoms with Crippen LogP contribution < -0.4 is 0 Å². The van der Waals surface area contributed by atoms with Crippen molar-refractivity contribution in [2.75, 3.05) is 31.1 Å². The largest absolute Gasteiger partial charge is 0.296 e. The van der Waals surface area contributed by atoms with Crippen molar-refractivity contribution < 1.29 is 8.42 Å². The number of piperazine rings is 1. The van der Waals surface area contributed by atoms with Gasteiger partial charge in [0, 0.05) is 44.0 Å². The van der Waals surface area contributed by atoms with Crippen LogP contribution >= 0.6 is 0 Å². The van der Waals surface area contributed by atoms with Gasteiger partial charge in [-0.1, -0.05) is 13.8 Å². The quantitative estimate of drug-likeness (QED) is 0.822. The molecular formula is C18H30N4O2S. The first-order chi connectivity index (χ1) is 11.9. The third-order valence-electron chi connectivity index (χ3n) is 5.77. The number of nitrogens with zero attached hydrogens (tertiary/aromatic N) is 3. The summed E-state index contributed by atoms with van der Waals surface area (Å²) in [5, 5.41) is 7.58. The van der Waals surface area contributed by atoms with Gasteiger partial charge >= 0.3 is 0 Å². The lowest BCUT2D eigenvalue weighted by Gasteiger charge is -2.43. The summed E-state index contributed by atoms with van der Waals surface area (Å²) in [5.41, 5.74) is 2.21. The Morgan fingerprint density at radius 2 is 1.88 bits per heavy atom. The van der Waals surface area contributed by atoms with Crippen LogP contribution in [0.25, 0.3) is 0 Å². The van der Waals surface area contributed by atoms with E-state index in [4.69, 9.17) is 0 Å². The first-order valence-corrected chi connectivity index (χ1v) is 11.4. The molecule has 1 aromatic heterocycles. The van der Waals surface area contributed by atoms with E-state index in [-0.39, 0.29) is 12.1 Å². The van der Waals surface area contributed by atoms with Gasteiger partial charge in [-0.05, 0) is 37.2 Å². The molecule has 140 valence electrons. The van der Waals surface area contributed by atoms with Crippen LogP contribution in [0.15, 0.2) is 6.07 Å². The fourth-order valence-electron chi connectivity index (χ4n) is 4.38. The monoisotopic (exact) mass is 366 g/mol. The number of rotatable bonds is 6. The summed E-state index contributed by atoms with van der Waals surface area (Å²) in [7, 11) is -2.92. The molecule has 1 N–H and O–H groups in total. The van der Waals surface area contributed by atoms with Gasteiger partial charge in [-0.25, -0.2) is 8.42 Å². The number of fused-ring (bicyclic) bond motifs is 1. The molecule has 3 aliphatic rings. The number of hydrogen-bond acceptors (Lipinski definition) is 5. The molecule has 4 rings (SSSR count). The highest BCUT2D eigenvalue weighted by molar-refractivity contribution is 7.91. The molecule has 6 nitrogen and oxygen atoms in total. The highest BCUT2D eigenvalue weighted by atomic mass is 32.2. The van der Waals surface area contributed by atoms with Gasteiger partial charge in [-0.15, -0.1) is 0 Å². The lowest BCUT2D eigenvalue weighted by molar-refractivity contribution is 0.0369. The first kappa shape index (κ1) is 17.5. The highest BCUT2D eigenvalue weighted by Gasteiger charge is 2.47. The van der Waals surface area contributed by atoms with Crippen LogP contribution in [0.2, 0.25) is 0 Å². The molecular weight excluding hydrogens is 336 g/mol. The molecule has 3 heterocycles. The number of sulfone groups is 1. The number of aromatic nitrogens is 2. The van der Waals surface area contributed by atoms with Gasteiger partial charge in [0.15, 0.2) is 9.84 Å². The van der Waals surface area contributed by atoms with E-state index in [0.29, 0.717) is 17.4 Å². The highest BCUT2D eigenvalue weighted by Crippen LogP contribution is 2.34. The molecule has 7 heteroatoms. The minimum absolute atomic E-state index is 0.134. The van der Waals surface area contributed by atoms with Crippen molar-refractivity contribution in [3.05, 3.63) is 17.5 Å². The second kappa shape index (κ2) is 6.67. The summed E-state index contributed by atoms with van der Waals surface area (Å²) in [4.78, 5) is 4.83. The Kier molecular flexibility index (Phi) is 4.67. The third-order valence-corrected chi connectivity index (χ3v) is 7.47. The van der Waals surface area contributed by atoms with Gasteiger partial charge in [0.05, 0.1) is 17.2 Å². The maximum Gasteiger partial charge on any atom is 0.153 e. The summed E-state index contributed by atoms with van der Waals surface area (Å²) in [6, 6.07) is 2.46. The van der Waals surface area contributed by atoms with E-state index in [1.165, 1.54) is 12.8 Å². The molecule has 0 spiro atoms. The van der Waals surface area contributed by atoms with Crippen LogP contribution in [0.5, 0.6) is 0 Å². The molecule has 1 aliphatic carbocycles. The van der Waals surface area contributed by atoms with Crippen LogP contribution in [0.3, 0.4) is 0 Å². The zero-order chi connectivity index (χ0) is 17.6. The zero-order valence-corrected chi connectivity index (χ0v) is 16.1. The van der Waals surface area contributed by atoms with E-state index >= 15 is 0 Å². The SMILES string of the molecule is CC(C)Cc1cc(CN2CCN(CC3CC3)C3CS(=O)(=O)CC32)[nH]n1. The molecule has 0 bridgehead atoms. The fourth-order valence-corrected chi connectivity index (χ4v) is 6.43. The first-order valence-electron chi connectivity index (χ1n) is 9.61. The maximum absolute atomic E-state index is 12.3. The normalized spacial score (nSPS) is 30.0. The molecule has 2 saturated heterocycles. The van der Waals surface area contributed by atoms with Crippen molar-refractivity contribution in [3.8, 4) is 0 Å². The van der Waals surface area contributed by atoms with Gasteiger partial charge in [0.25, 0.3) is 0 Å². The van der Waals surface area contributed by atoms with Gasteiger partial charge in [-0.2, -0.15) is 5.10 Å². The molecule has 0 aromatic carbocycles. The van der Waals surface area contributed by atoms with Crippen molar-refractivity contribution in [2.24, 2.45) is 11.8 Å². The number of nitrogens with one attached hydrogen (secondary N) is 1. The molecule has 25 heavy (non-hydrogen) atoms. The van der Waals surface area contributed by atoms with E-state index in [1.54, 1.807) is 0 Å². The summed E-state index contributed by atoms with van der Waals surface area (Å²) >= 11 is 0. The molecule has 3 fully saturated rings. The Hall–Kier alpha value is -0.920. The Bertz CT molecular complexity index is 710. The second-order valence-corrected chi connectivity index (χ2v) is 10.8. The molecule has 0 radical (unpaired) electrons. The fraction of sp³-hybridized carbons (Fsp3) is 0.833. The molecule has 1 aromatic rings. The van der Waals surface area contributed by atoms with E-state index in [9.17, 15) is 8.42 Å². The van der Waals surface area contributed by atoms with Crippen molar-refractivity contribution in [2.45, 2.75) is 51.7 Å². The van der Waals surface area contributed by atoms with Gasteiger partial charge in [0.1, 0.15) is 0 Å². The van der Waals surface area contributed by atoms with Crippen molar-refractivity contribution in [3.63, 3.8) is 0 Å². The van der Waals surface area contributed by atoms with E-state index in [2.05, 4.69) is 39.9 Å². The number of aromatic amines is 1. The molecule has 2 aliphatic heterocycles. The van der Waals surface area contributed by atoms with Crippen LogP contribution in [0, 0.1) is 11.8 Å². The van der Waals surface area contributed by atoms with Gasteiger partial charge < -0.3 is 0 Å². The third kappa shape index (κ3) is 4.09. The predicted molar refractivity (Wildman–Crippen MR) is 98.1 cm³/mol. The molecule has 0 amide bonds. The smallest absolute Gasteiger partial charge is 0.153 e. The lowest BCUT2D eigenvalue weighted by Crippen LogP contribution is -2.59. The standard InChI is InChI=1S/C18H30N4O2S/c1-13(2)7-15-8-16(20-19-15)10-22-6-5-21(9-14-3-4-14)17-11-25(23,24)12-18(17)22/h8,13-14,17-18H,3-7,9-12H2,1-2H3,(H,19,20). The summed E-state index contributed by atoms with van der Waals surface area (Å²) in [6.45, 7) is 8.19. The van der Waals surface area contributed by atoms with Crippen LogP contribution in [0.4, 0.5) is 0 Å².